The molecule has 32 heavy (non-hydrogen) atoms. The van der Waals surface area contributed by atoms with E-state index >= 15 is 0 Å². The highest BCUT2D eigenvalue weighted by Gasteiger charge is 2.30. The van der Waals surface area contributed by atoms with Crippen molar-refractivity contribution in [1.29, 1.82) is 0 Å². The van der Waals surface area contributed by atoms with Crippen LogP contribution in [0.5, 0.6) is 5.75 Å². The van der Waals surface area contributed by atoms with Crippen molar-refractivity contribution in [3.63, 3.8) is 0 Å². The summed E-state index contributed by atoms with van der Waals surface area (Å²) in [5, 5.41) is 16.4. The number of aliphatic imine (C=N–C) groups is 1. The molecule has 2 rings (SSSR count). The van der Waals surface area contributed by atoms with Gasteiger partial charge in [0.15, 0.2) is 5.96 Å². The molecule has 0 amide bonds. The van der Waals surface area contributed by atoms with Gasteiger partial charge in [-0.05, 0) is 81.6 Å². The summed E-state index contributed by atoms with van der Waals surface area (Å²) in [5.41, 5.74) is 1.34. The first-order valence-electron chi connectivity index (χ1n) is 12.0. The van der Waals surface area contributed by atoms with Crippen molar-refractivity contribution in [3.8, 4) is 5.75 Å². The quantitative estimate of drug-likeness (QED) is 0.214. The Hall–Kier alpha value is -1.06. The van der Waals surface area contributed by atoms with Gasteiger partial charge in [0, 0.05) is 32.3 Å². The number of nitrogens with zero attached hydrogens (tertiary/aromatic N) is 2. The first-order chi connectivity index (χ1) is 15.0. The van der Waals surface area contributed by atoms with Crippen LogP contribution in [0.15, 0.2) is 29.3 Å². The van der Waals surface area contributed by atoms with Gasteiger partial charge in [-0.1, -0.05) is 26.0 Å². The number of rotatable bonds is 11. The number of piperidine rings is 1. The zero-order valence-corrected chi connectivity index (χ0v) is 23.0. The SMILES string of the molecule is CCNC(=NCC(CCO)CC(C)C)NCC1CCCN(C)C1c1ccc(OC)cc1.I. The van der Waals surface area contributed by atoms with Crippen LogP contribution in [0.1, 0.15) is 58.1 Å². The zero-order chi connectivity index (χ0) is 22.6. The van der Waals surface area contributed by atoms with Crippen molar-refractivity contribution in [2.45, 2.75) is 52.5 Å². The Morgan fingerprint density at radius 2 is 1.97 bits per heavy atom. The summed E-state index contributed by atoms with van der Waals surface area (Å²) < 4.78 is 5.34. The number of hydrogen-bond donors (Lipinski definition) is 3. The van der Waals surface area contributed by atoms with Crippen LogP contribution in [-0.4, -0.2) is 62.9 Å². The van der Waals surface area contributed by atoms with Crippen molar-refractivity contribution >= 4 is 29.9 Å². The van der Waals surface area contributed by atoms with Crippen LogP contribution in [0, 0.1) is 17.8 Å². The topological polar surface area (TPSA) is 69.1 Å². The Kier molecular flexibility index (Phi) is 14.2. The van der Waals surface area contributed by atoms with E-state index in [2.05, 4.69) is 67.6 Å². The van der Waals surface area contributed by atoms with Crippen LogP contribution < -0.4 is 15.4 Å². The molecule has 0 bridgehead atoms. The predicted octanol–water partition coefficient (Wildman–Crippen LogP) is 4.30. The minimum absolute atomic E-state index is 0. The van der Waals surface area contributed by atoms with Crippen molar-refractivity contribution in [2.24, 2.45) is 22.7 Å². The van der Waals surface area contributed by atoms with E-state index < -0.39 is 0 Å². The summed E-state index contributed by atoms with van der Waals surface area (Å²) in [7, 11) is 3.94. The van der Waals surface area contributed by atoms with Gasteiger partial charge >= 0.3 is 0 Å². The number of aliphatic hydroxyl groups is 1. The fourth-order valence-corrected chi connectivity index (χ4v) is 4.72. The molecule has 0 saturated carbocycles. The van der Waals surface area contributed by atoms with Crippen LogP contribution >= 0.6 is 24.0 Å². The molecule has 1 aliphatic rings. The summed E-state index contributed by atoms with van der Waals surface area (Å²) in [6, 6.07) is 8.90. The summed E-state index contributed by atoms with van der Waals surface area (Å²) >= 11 is 0. The lowest BCUT2D eigenvalue weighted by atomic mass is 9.85. The molecular weight excluding hydrogens is 515 g/mol. The van der Waals surface area contributed by atoms with Gasteiger partial charge in [-0.2, -0.15) is 0 Å². The average molecular weight is 561 g/mol. The van der Waals surface area contributed by atoms with Crippen molar-refractivity contribution in [1.82, 2.24) is 15.5 Å². The van der Waals surface area contributed by atoms with Gasteiger partial charge in [0.2, 0.25) is 0 Å². The highest BCUT2D eigenvalue weighted by atomic mass is 127. The number of nitrogens with one attached hydrogen (secondary N) is 2. The third kappa shape index (κ3) is 9.43. The molecule has 1 heterocycles. The third-order valence-electron chi connectivity index (χ3n) is 6.19. The standard InChI is InChI=1S/C25H44N4O2.HI/c1-6-26-25(27-17-20(13-15-30)16-19(2)3)28-18-22-8-7-14-29(4)24(22)21-9-11-23(31-5)12-10-21;/h9-12,19-20,22,24,30H,6-8,13-18H2,1-5H3,(H2,26,27,28);1H. The molecule has 7 heteroatoms. The minimum atomic E-state index is 0. The van der Waals surface area contributed by atoms with Crippen LogP contribution in [-0.2, 0) is 0 Å². The second kappa shape index (κ2) is 15.7. The molecule has 0 radical (unpaired) electrons. The van der Waals surface area contributed by atoms with Gasteiger partial charge in [0.25, 0.3) is 0 Å². The van der Waals surface area contributed by atoms with Gasteiger partial charge < -0.3 is 20.5 Å². The molecule has 3 N–H and O–H groups in total. The van der Waals surface area contributed by atoms with E-state index in [9.17, 15) is 5.11 Å². The Morgan fingerprint density at radius 1 is 1.25 bits per heavy atom. The largest absolute Gasteiger partial charge is 0.497 e. The fraction of sp³-hybridized carbons (Fsp3) is 0.720. The maximum Gasteiger partial charge on any atom is 0.191 e. The molecule has 3 unspecified atom stereocenters. The van der Waals surface area contributed by atoms with E-state index in [4.69, 9.17) is 9.73 Å². The van der Waals surface area contributed by atoms with Crippen molar-refractivity contribution in [3.05, 3.63) is 29.8 Å². The molecular formula is C25H45IN4O2. The molecule has 3 atom stereocenters. The van der Waals surface area contributed by atoms with Gasteiger partial charge in [0.1, 0.15) is 5.75 Å². The highest BCUT2D eigenvalue weighted by molar-refractivity contribution is 14.0. The van der Waals surface area contributed by atoms with E-state index in [0.717, 1.165) is 50.7 Å². The average Bonchev–Trinajstić information content (AvgIpc) is 2.75. The van der Waals surface area contributed by atoms with Gasteiger partial charge in [0.05, 0.1) is 7.11 Å². The molecule has 1 aromatic carbocycles. The Balaban J connectivity index is 0.00000512. The number of guanidine groups is 1. The Bertz CT molecular complexity index is 654. The van der Waals surface area contributed by atoms with E-state index in [-0.39, 0.29) is 30.6 Å². The number of halogens is 1. The molecule has 0 aliphatic carbocycles. The predicted molar refractivity (Wildman–Crippen MR) is 145 cm³/mol. The molecule has 0 spiro atoms. The molecule has 0 aromatic heterocycles. The molecule has 6 nitrogen and oxygen atoms in total. The first kappa shape index (κ1) is 29.0. The lowest BCUT2D eigenvalue weighted by Gasteiger charge is -2.40. The Morgan fingerprint density at radius 3 is 2.56 bits per heavy atom. The number of methoxy groups -OCH3 is 1. The lowest BCUT2D eigenvalue weighted by molar-refractivity contribution is 0.122. The number of ether oxygens (including phenoxy) is 1. The van der Waals surface area contributed by atoms with Gasteiger partial charge in [-0.3, -0.25) is 9.89 Å². The van der Waals surface area contributed by atoms with Gasteiger partial charge in [-0.15, -0.1) is 24.0 Å². The fourth-order valence-electron chi connectivity index (χ4n) is 4.72. The number of benzene rings is 1. The third-order valence-corrected chi connectivity index (χ3v) is 6.19. The maximum atomic E-state index is 9.39. The summed E-state index contributed by atoms with van der Waals surface area (Å²) in [4.78, 5) is 7.34. The van der Waals surface area contributed by atoms with Crippen LogP contribution in [0.25, 0.3) is 0 Å². The summed E-state index contributed by atoms with van der Waals surface area (Å²) in [6.07, 6.45) is 4.33. The van der Waals surface area contributed by atoms with E-state index in [1.54, 1.807) is 7.11 Å². The van der Waals surface area contributed by atoms with Crippen molar-refractivity contribution < 1.29 is 9.84 Å². The van der Waals surface area contributed by atoms with Crippen molar-refractivity contribution in [2.75, 3.05) is 46.9 Å². The molecule has 1 aliphatic heterocycles. The number of aliphatic hydroxyl groups excluding tert-OH is 1. The second-order valence-electron chi connectivity index (χ2n) is 9.21. The smallest absolute Gasteiger partial charge is 0.191 e. The first-order valence-corrected chi connectivity index (χ1v) is 12.0. The molecule has 1 fully saturated rings. The highest BCUT2D eigenvalue weighted by Crippen LogP contribution is 2.35. The second-order valence-corrected chi connectivity index (χ2v) is 9.21. The van der Waals surface area contributed by atoms with E-state index in [0.29, 0.717) is 23.8 Å². The minimum Gasteiger partial charge on any atom is -0.497 e. The monoisotopic (exact) mass is 560 g/mol. The molecule has 1 saturated heterocycles. The number of likely N-dealkylation sites (tertiary alicyclic amines) is 1. The van der Waals surface area contributed by atoms with Crippen LogP contribution in [0.3, 0.4) is 0 Å². The zero-order valence-electron chi connectivity index (χ0n) is 20.6. The summed E-state index contributed by atoms with van der Waals surface area (Å²) in [6.45, 7) is 10.4. The van der Waals surface area contributed by atoms with Gasteiger partial charge in [-0.25, -0.2) is 0 Å². The Labute approximate surface area is 212 Å². The summed E-state index contributed by atoms with van der Waals surface area (Å²) in [5.74, 6) is 3.34. The van der Waals surface area contributed by atoms with E-state index in [1.807, 2.05) is 0 Å². The van der Waals surface area contributed by atoms with Crippen LogP contribution in [0.4, 0.5) is 0 Å². The van der Waals surface area contributed by atoms with E-state index in [1.165, 1.54) is 18.4 Å². The normalized spacial score (nSPS) is 20.5. The molecule has 184 valence electrons. The maximum absolute atomic E-state index is 9.39. The number of hydrogen-bond acceptors (Lipinski definition) is 4. The van der Waals surface area contributed by atoms with Crippen LogP contribution in [0.2, 0.25) is 0 Å². The molecule has 1 aromatic rings. The lowest BCUT2D eigenvalue weighted by Crippen LogP contribution is -2.45.